The lowest BCUT2D eigenvalue weighted by atomic mass is 9.84. The number of hydrogen-bond acceptors (Lipinski definition) is 7. The lowest BCUT2D eigenvalue weighted by Crippen LogP contribution is -2.25. The molecule has 2 aromatic heterocycles. The minimum atomic E-state index is -0.444. The molecule has 0 saturated heterocycles. The summed E-state index contributed by atoms with van der Waals surface area (Å²) >= 11 is 3.12. The van der Waals surface area contributed by atoms with Crippen LogP contribution in [0.15, 0.2) is 65.1 Å². The number of thioether (sulfide) groups is 1. The van der Waals surface area contributed by atoms with E-state index in [0.717, 1.165) is 30.2 Å². The highest BCUT2D eigenvalue weighted by Gasteiger charge is 2.30. The Morgan fingerprint density at radius 1 is 0.974 bits per heavy atom. The Morgan fingerprint density at radius 2 is 1.69 bits per heavy atom. The molecule has 0 aliphatic heterocycles. The van der Waals surface area contributed by atoms with Crippen LogP contribution in [0.5, 0.6) is 0 Å². The van der Waals surface area contributed by atoms with Crippen molar-refractivity contribution in [3.8, 4) is 0 Å². The molecular formula is C30H28N4O3S2. The summed E-state index contributed by atoms with van der Waals surface area (Å²) in [6.45, 7) is 1.85. The third-order valence-corrected chi connectivity index (χ3v) is 9.36. The maximum atomic E-state index is 13.2. The molecule has 9 heteroatoms. The Kier molecular flexibility index (Phi) is 7.18. The van der Waals surface area contributed by atoms with Crippen molar-refractivity contribution in [1.82, 2.24) is 14.8 Å². The summed E-state index contributed by atoms with van der Waals surface area (Å²) in [6, 6.07) is 16.2. The van der Waals surface area contributed by atoms with Gasteiger partial charge in [-0.25, -0.2) is 0 Å². The Hall–Kier alpha value is -3.56. The number of rotatable bonds is 7. The van der Waals surface area contributed by atoms with Crippen molar-refractivity contribution >= 4 is 46.3 Å². The first kappa shape index (κ1) is 25.7. The fourth-order valence-electron chi connectivity index (χ4n) is 5.42. The SMILES string of the molecule is CC(Sc1nnc(Cc2cccs2)n1C1CCCCC1)C(=O)Nc1ccc2c(c1)C(=O)c1ccccc1C2=O. The molecule has 4 aromatic rings. The first-order chi connectivity index (χ1) is 19.0. The standard InChI is InChI=1S/C30H28N4O3S2/c1-18(39-30-33-32-26(17-21-10-7-15-38-21)34(30)20-8-3-2-4-9-20)29(37)31-19-13-14-24-25(16-19)28(36)23-12-6-5-11-22(23)27(24)35/h5-7,10-16,18,20H,2-4,8-9,17H2,1H3,(H,31,37). The summed E-state index contributed by atoms with van der Waals surface area (Å²) in [5, 5.41) is 14.4. The van der Waals surface area contributed by atoms with Crippen LogP contribution < -0.4 is 5.32 Å². The first-order valence-electron chi connectivity index (χ1n) is 13.3. The van der Waals surface area contributed by atoms with E-state index in [1.165, 1.54) is 35.9 Å². The quantitative estimate of drug-likeness (QED) is 0.236. The van der Waals surface area contributed by atoms with Gasteiger partial charge in [-0.1, -0.05) is 61.4 Å². The molecule has 6 rings (SSSR count). The summed E-state index contributed by atoms with van der Waals surface area (Å²) in [5.74, 6) is 0.352. The number of thiophene rings is 1. The number of aromatic nitrogens is 3. The predicted octanol–water partition coefficient (Wildman–Crippen LogP) is 6.33. The number of benzene rings is 2. The Bertz CT molecular complexity index is 1550. The van der Waals surface area contributed by atoms with E-state index in [1.807, 2.05) is 13.0 Å². The van der Waals surface area contributed by atoms with Crippen molar-refractivity contribution in [2.75, 3.05) is 5.32 Å². The molecule has 1 atom stereocenters. The number of carbonyl (C=O) groups is 3. The molecule has 7 nitrogen and oxygen atoms in total. The summed E-state index contributed by atoms with van der Waals surface area (Å²) in [5.41, 5.74) is 1.96. The number of nitrogens with zero attached hydrogens (tertiary/aromatic N) is 3. The molecule has 1 amide bonds. The van der Waals surface area contributed by atoms with Gasteiger partial charge in [-0.3, -0.25) is 14.4 Å². The number of anilines is 1. The highest BCUT2D eigenvalue weighted by atomic mass is 32.2. The van der Waals surface area contributed by atoms with Gasteiger partial charge in [-0.05, 0) is 49.4 Å². The predicted molar refractivity (Wildman–Crippen MR) is 153 cm³/mol. The molecule has 2 aliphatic carbocycles. The smallest absolute Gasteiger partial charge is 0.237 e. The van der Waals surface area contributed by atoms with Crippen LogP contribution in [0.25, 0.3) is 0 Å². The van der Waals surface area contributed by atoms with E-state index in [4.69, 9.17) is 0 Å². The van der Waals surface area contributed by atoms with Gasteiger partial charge in [0.1, 0.15) is 5.82 Å². The molecule has 2 aromatic carbocycles. The van der Waals surface area contributed by atoms with E-state index in [-0.39, 0.29) is 17.5 Å². The summed E-state index contributed by atoms with van der Waals surface area (Å²) in [6.07, 6.45) is 6.54. The van der Waals surface area contributed by atoms with Gasteiger partial charge in [0.15, 0.2) is 16.7 Å². The fourth-order valence-corrected chi connectivity index (χ4v) is 7.06. The molecule has 1 N–H and O–H groups in total. The molecule has 1 saturated carbocycles. The number of fused-ring (bicyclic) bond motifs is 2. The number of hydrogen-bond donors (Lipinski definition) is 1. The maximum Gasteiger partial charge on any atom is 0.237 e. The first-order valence-corrected chi connectivity index (χ1v) is 15.0. The number of nitrogens with one attached hydrogen (secondary N) is 1. The summed E-state index contributed by atoms with van der Waals surface area (Å²) < 4.78 is 2.26. The van der Waals surface area contributed by atoms with E-state index in [9.17, 15) is 14.4 Å². The fraction of sp³-hybridized carbons (Fsp3) is 0.300. The third-order valence-electron chi connectivity index (χ3n) is 7.43. The lowest BCUT2D eigenvalue weighted by Gasteiger charge is -2.26. The molecule has 2 aliphatic rings. The zero-order chi connectivity index (χ0) is 26.9. The largest absolute Gasteiger partial charge is 0.325 e. The second-order valence-corrected chi connectivity index (χ2v) is 12.4. The highest BCUT2D eigenvalue weighted by molar-refractivity contribution is 8.00. The van der Waals surface area contributed by atoms with Crippen LogP contribution in [0.4, 0.5) is 5.69 Å². The van der Waals surface area contributed by atoms with Gasteiger partial charge in [0, 0.05) is 45.3 Å². The van der Waals surface area contributed by atoms with Crippen LogP contribution in [-0.2, 0) is 11.2 Å². The van der Waals surface area contributed by atoms with E-state index in [1.54, 1.807) is 53.8 Å². The molecular weight excluding hydrogens is 528 g/mol. The number of amides is 1. The zero-order valence-corrected chi connectivity index (χ0v) is 23.2. The van der Waals surface area contributed by atoms with Crippen LogP contribution >= 0.6 is 23.1 Å². The van der Waals surface area contributed by atoms with Gasteiger partial charge in [0.25, 0.3) is 0 Å². The van der Waals surface area contributed by atoms with E-state index in [2.05, 4.69) is 31.5 Å². The minimum absolute atomic E-state index is 0.178. The Morgan fingerprint density at radius 3 is 2.41 bits per heavy atom. The lowest BCUT2D eigenvalue weighted by molar-refractivity contribution is -0.115. The zero-order valence-electron chi connectivity index (χ0n) is 21.6. The molecule has 1 unspecified atom stereocenters. The van der Waals surface area contributed by atoms with Crippen LogP contribution in [0.1, 0.15) is 87.6 Å². The second-order valence-electron chi connectivity index (χ2n) is 10.0. The topological polar surface area (TPSA) is 93.9 Å². The third kappa shape index (κ3) is 5.08. The van der Waals surface area contributed by atoms with Crippen molar-refractivity contribution in [1.29, 1.82) is 0 Å². The average molecular weight is 557 g/mol. The molecule has 2 heterocycles. The van der Waals surface area contributed by atoms with Gasteiger partial charge >= 0.3 is 0 Å². The van der Waals surface area contributed by atoms with Crippen molar-refractivity contribution in [2.45, 2.75) is 61.9 Å². The average Bonchev–Trinajstić information content (AvgIpc) is 3.62. The molecule has 0 radical (unpaired) electrons. The van der Waals surface area contributed by atoms with Crippen molar-refractivity contribution in [3.63, 3.8) is 0 Å². The molecule has 198 valence electrons. The Labute approximate surface area is 235 Å². The van der Waals surface area contributed by atoms with Crippen LogP contribution in [0.3, 0.4) is 0 Å². The number of carbonyl (C=O) groups excluding carboxylic acids is 3. The summed E-state index contributed by atoms with van der Waals surface area (Å²) in [4.78, 5) is 40.5. The van der Waals surface area contributed by atoms with Gasteiger partial charge in [-0.15, -0.1) is 21.5 Å². The molecule has 1 fully saturated rings. The molecule has 0 bridgehead atoms. The van der Waals surface area contributed by atoms with Gasteiger partial charge in [0.05, 0.1) is 5.25 Å². The van der Waals surface area contributed by atoms with Gasteiger partial charge < -0.3 is 9.88 Å². The van der Waals surface area contributed by atoms with E-state index in [0.29, 0.717) is 34.0 Å². The molecule has 39 heavy (non-hydrogen) atoms. The van der Waals surface area contributed by atoms with Crippen molar-refractivity contribution < 1.29 is 14.4 Å². The van der Waals surface area contributed by atoms with E-state index < -0.39 is 5.25 Å². The van der Waals surface area contributed by atoms with Crippen LogP contribution in [-0.4, -0.2) is 37.5 Å². The number of ketones is 2. The van der Waals surface area contributed by atoms with Crippen molar-refractivity contribution in [3.05, 3.63) is 92.9 Å². The van der Waals surface area contributed by atoms with Gasteiger partial charge in [-0.2, -0.15) is 0 Å². The van der Waals surface area contributed by atoms with Gasteiger partial charge in [0.2, 0.25) is 5.91 Å². The highest BCUT2D eigenvalue weighted by Crippen LogP contribution is 2.35. The normalized spacial score (nSPS) is 16.0. The van der Waals surface area contributed by atoms with Crippen molar-refractivity contribution in [2.24, 2.45) is 0 Å². The molecule has 0 spiro atoms. The van der Waals surface area contributed by atoms with E-state index >= 15 is 0 Å². The summed E-state index contributed by atoms with van der Waals surface area (Å²) in [7, 11) is 0. The minimum Gasteiger partial charge on any atom is -0.325 e. The van der Waals surface area contributed by atoms with Crippen LogP contribution in [0.2, 0.25) is 0 Å². The second kappa shape index (κ2) is 10.9. The van der Waals surface area contributed by atoms with Crippen LogP contribution in [0, 0.1) is 0 Å². The maximum absolute atomic E-state index is 13.2. The Balaban J connectivity index is 1.20. The monoisotopic (exact) mass is 556 g/mol.